The molecule has 1 aliphatic heterocycles. The van der Waals surface area contributed by atoms with Gasteiger partial charge in [0, 0.05) is 16.2 Å². The zero-order valence-corrected chi connectivity index (χ0v) is 17.6. The van der Waals surface area contributed by atoms with E-state index in [1.165, 1.54) is 17.0 Å². The van der Waals surface area contributed by atoms with Crippen LogP contribution in [0.3, 0.4) is 0 Å². The maximum atomic E-state index is 13.2. The fourth-order valence-electron chi connectivity index (χ4n) is 3.82. The topological polar surface area (TPSA) is 69.9 Å². The van der Waals surface area contributed by atoms with Crippen molar-refractivity contribution in [2.45, 2.75) is 50.8 Å². The van der Waals surface area contributed by atoms with E-state index < -0.39 is 30.5 Å². The summed E-state index contributed by atoms with van der Waals surface area (Å²) >= 11 is 1.66. The number of aliphatic hydroxyl groups is 3. The minimum Gasteiger partial charge on any atom is -0.388 e. The summed E-state index contributed by atoms with van der Waals surface area (Å²) in [7, 11) is 0. The van der Waals surface area contributed by atoms with Crippen LogP contribution < -0.4 is 0 Å². The van der Waals surface area contributed by atoms with Gasteiger partial charge in [0.1, 0.15) is 30.2 Å². The van der Waals surface area contributed by atoms with Gasteiger partial charge in [-0.25, -0.2) is 4.39 Å². The van der Waals surface area contributed by atoms with E-state index >= 15 is 0 Å². The van der Waals surface area contributed by atoms with Crippen LogP contribution >= 0.6 is 11.3 Å². The zero-order valence-electron chi connectivity index (χ0n) is 16.8. The summed E-state index contributed by atoms with van der Waals surface area (Å²) in [6.07, 6.45) is -4.12. The van der Waals surface area contributed by atoms with Gasteiger partial charge in [-0.2, -0.15) is 0 Å². The highest BCUT2D eigenvalue weighted by atomic mass is 32.1. The van der Waals surface area contributed by atoms with E-state index in [9.17, 15) is 19.7 Å². The summed E-state index contributed by atoms with van der Waals surface area (Å²) in [5, 5.41) is 30.5. The lowest BCUT2D eigenvalue weighted by Crippen LogP contribution is -2.53. The molecule has 4 nitrogen and oxygen atoms in total. The zero-order chi connectivity index (χ0) is 21.4. The lowest BCUT2D eigenvalue weighted by Gasteiger charge is -2.39. The Kier molecular flexibility index (Phi) is 6.04. The van der Waals surface area contributed by atoms with Gasteiger partial charge < -0.3 is 20.1 Å². The number of halogens is 1. The van der Waals surface area contributed by atoms with Crippen LogP contribution in [0, 0.1) is 12.7 Å². The molecular formula is C24H25FO4S. The van der Waals surface area contributed by atoms with E-state index in [1.54, 1.807) is 30.4 Å². The van der Waals surface area contributed by atoms with Gasteiger partial charge in [0.25, 0.3) is 0 Å². The standard InChI is InChI=1S/C24H25FO4S/c1-13-3-4-16(24-23(28)22(27)21(26)14(2)29-24)11-17(13)12-19-9-10-20(30-19)15-5-7-18(25)8-6-15/h3-11,14,21-24,26-28H,12H2,1-2H3/t14-,21-,22+,23-,24+/m1/s1. The molecule has 5 atom stereocenters. The van der Waals surface area contributed by atoms with Crippen molar-refractivity contribution >= 4 is 11.3 Å². The summed E-state index contributed by atoms with van der Waals surface area (Å²) < 4.78 is 19.0. The molecule has 30 heavy (non-hydrogen) atoms. The van der Waals surface area contributed by atoms with Crippen molar-refractivity contribution in [2.75, 3.05) is 0 Å². The van der Waals surface area contributed by atoms with Gasteiger partial charge >= 0.3 is 0 Å². The first-order chi connectivity index (χ1) is 14.3. The van der Waals surface area contributed by atoms with Gasteiger partial charge in [0.2, 0.25) is 0 Å². The average Bonchev–Trinajstić information content (AvgIpc) is 3.20. The Bertz CT molecular complexity index is 1020. The summed E-state index contributed by atoms with van der Waals surface area (Å²) in [6.45, 7) is 3.72. The van der Waals surface area contributed by atoms with Gasteiger partial charge in [-0.1, -0.05) is 30.3 Å². The van der Waals surface area contributed by atoms with Crippen LogP contribution in [0.1, 0.15) is 34.6 Å². The van der Waals surface area contributed by atoms with Crippen LogP contribution in [-0.4, -0.2) is 39.7 Å². The van der Waals surface area contributed by atoms with Crippen LogP contribution in [0.25, 0.3) is 10.4 Å². The van der Waals surface area contributed by atoms with Gasteiger partial charge in [-0.3, -0.25) is 0 Å². The van der Waals surface area contributed by atoms with E-state index in [-0.39, 0.29) is 5.82 Å². The number of hydrogen-bond donors (Lipinski definition) is 3. The predicted molar refractivity (Wildman–Crippen MR) is 115 cm³/mol. The number of hydrogen-bond acceptors (Lipinski definition) is 5. The third kappa shape index (κ3) is 4.19. The summed E-state index contributed by atoms with van der Waals surface area (Å²) in [6, 6.07) is 16.5. The molecule has 0 spiro atoms. The second-order valence-electron chi connectivity index (χ2n) is 7.87. The number of aryl methyl sites for hydroxylation is 1. The molecular weight excluding hydrogens is 403 g/mol. The quantitative estimate of drug-likeness (QED) is 0.588. The Hall–Kier alpha value is -2.09. The molecule has 1 saturated heterocycles. The maximum absolute atomic E-state index is 13.2. The Labute approximate surface area is 179 Å². The van der Waals surface area contributed by atoms with Gasteiger partial charge in [0.05, 0.1) is 6.10 Å². The SMILES string of the molecule is Cc1ccc([C@@H]2O[C@H](C)[C@@H](O)[C@H](O)[C@H]2O)cc1Cc1ccc(-c2ccc(F)cc2)s1. The molecule has 0 saturated carbocycles. The number of rotatable bonds is 4. The number of ether oxygens (including phenoxy) is 1. The largest absolute Gasteiger partial charge is 0.388 e. The highest BCUT2D eigenvalue weighted by molar-refractivity contribution is 7.15. The molecule has 1 aromatic heterocycles. The Morgan fingerprint density at radius 3 is 2.40 bits per heavy atom. The monoisotopic (exact) mass is 428 g/mol. The second-order valence-corrected chi connectivity index (χ2v) is 9.04. The van der Waals surface area contributed by atoms with Crippen molar-refractivity contribution in [3.8, 4) is 10.4 Å². The highest BCUT2D eigenvalue weighted by Gasteiger charge is 2.42. The van der Waals surface area contributed by atoms with Crippen molar-refractivity contribution < 1.29 is 24.4 Å². The molecule has 4 rings (SSSR count). The molecule has 3 aromatic rings. The van der Waals surface area contributed by atoms with Crippen LogP contribution in [0.2, 0.25) is 0 Å². The van der Waals surface area contributed by atoms with Crippen LogP contribution in [0.15, 0.2) is 54.6 Å². The number of benzene rings is 2. The molecule has 3 N–H and O–H groups in total. The molecule has 0 aliphatic carbocycles. The predicted octanol–water partition coefficient (Wildman–Crippen LogP) is 4.00. The van der Waals surface area contributed by atoms with Crippen LogP contribution in [0.5, 0.6) is 0 Å². The second kappa shape index (κ2) is 8.57. The molecule has 2 heterocycles. The minimum absolute atomic E-state index is 0.248. The molecule has 0 bridgehead atoms. The Balaban J connectivity index is 1.56. The van der Waals surface area contributed by atoms with Crippen LogP contribution in [-0.2, 0) is 11.2 Å². The molecule has 0 amide bonds. The van der Waals surface area contributed by atoms with Crippen molar-refractivity contribution in [3.63, 3.8) is 0 Å². The van der Waals surface area contributed by atoms with E-state index in [2.05, 4.69) is 6.07 Å². The molecule has 6 heteroatoms. The first kappa shape index (κ1) is 21.2. The van der Waals surface area contributed by atoms with Crippen molar-refractivity contribution in [1.82, 2.24) is 0 Å². The molecule has 158 valence electrons. The van der Waals surface area contributed by atoms with Gasteiger partial charge in [-0.15, -0.1) is 11.3 Å². The highest BCUT2D eigenvalue weighted by Crippen LogP contribution is 2.34. The molecule has 2 aromatic carbocycles. The molecule has 0 unspecified atom stereocenters. The Morgan fingerprint density at radius 2 is 1.67 bits per heavy atom. The smallest absolute Gasteiger partial charge is 0.123 e. The fourth-order valence-corrected chi connectivity index (χ4v) is 4.85. The van der Waals surface area contributed by atoms with Gasteiger partial charge in [-0.05, 0) is 60.4 Å². The van der Waals surface area contributed by atoms with Crippen molar-refractivity contribution in [3.05, 3.63) is 82.0 Å². The van der Waals surface area contributed by atoms with E-state index in [0.717, 1.165) is 33.6 Å². The maximum Gasteiger partial charge on any atom is 0.123 e. The normalized spacial score (nSPS) is 26.7. The average molecular weight is 429 g/mol. The lowest BCUT2D eigenvalue weighted by atomic mass is 9.90. The Morgan fingerprint density at radius 1 is 0.933 bits per heavy atom. The molecule has 1 fully saturated rings. The third-order valence-electron chi connectivity index (χ3n) is 5.71. The minimum atomic E-state index is -1.25. The van der Waals surface area contributed by atoms with E-state index in [0.29, 0.717) is 0 Å². The molecule has 1 aliphatic rings. The number of thiophene rings is 1. The summed E-state index contributed by atoms with van der Waals surface area (Å²) in [5.41, 5.74) is 3.98. The first-order valence-corrected chi connectivity index (χ1v) is 10.8. The fraction of sp³-hybridized carbons (Fsp3) is 0.333. The number of aliphatic hydroxyl groups excluding tert-OH is 3. The third-order valence-corrected chi connectivity index (χ3v) is 6.84. The van der Waals surface area contributed by atoms with Crippen molar-refractivity contribution in [1.29, 1.82) is 0 Å². The molecule has 0 radical (unpaired) electrons. The summed E-state index contributed by atoms with van der Waals surface area (Å²) in [5.74, 6) is -0.248. The van der Waals surface area contributed by atoms with Crippen LogP contribution in [0.4, 0.5) is 4.39 Å². The van der Waals surface area contributed by atoms with E-state index in [1.807, 2.05) is 31.2 Å². The first-order valence-electron chi connectivity index (χ1n) is 9.97. The van der Waals surface area contributed by atoms with Gasteiger partial charge in [0.15, 0.2) is 0 Å². The van der Waals surface area contributed by atoms with E-state index in [4.69, 9.17) is 4.74 Å². The lowest BCUT2D eigenvalue weighted by molar-refractivity contribution is -0.219. The summed E-state index contributed by atoms with van der Waals surface area (Å²) in [4.78, 5) is 2.25. The van der Waals surface area contributed by atoms with Crippen molar-refractivity contribution in [2.24, 2.45) is 0 Å².